The maximum absolute atomic E-state index is 13.6. The van der Waals surface area contributed by atoms with Crippen molar-refractivity contribution in [3.63, 3.8) is 0 Å². The molecule has 0 saturated carbocycles. The number of rotatable bonds is 4. The summed E-state index contributed by atoms with van der Waals surface area (Å²) in [4.78, 5) is 27.7. The van der Waals surface area contributed by atoms with Crippen molar-refractivity contribution >= 4 is 5.91 Å². The summed E-state index contributed by atoms with van der Waals surface area (Å²) in [5.74, 6) is 0.835. The summed E-state index contributed by atoms with van der Waals surface area (Å²) in [6.07, 6.45) is 3.25. The van der Waals surface area contributed by atoms with E-state index in [0.717, 1.165) is 37.2 Å². The van der Waals surface area contributed by atoms with Gasteiger partial charge in [-0.1, -0.05) is 12.1 Å². The molecule has 2 aliphatic heterocycles. The molecule has 0 aliphatic carbocycles. The highest BCUT2D eigenvalue weighted by atomic mass is 19.4. The normalized spacial score (nSPS) is 22.5. The van der Waals surface area contributed by atoms with Crippen LogP contribution in [0, 0.1) is 12.8 Å². The molecule has 166 valence electrons. The number of aryl methyl sites for hydroxylation is 1. The van der Waals surface area contributed by atoms with Crippen LogP contribution >= 0.6 is 0 Å². The second kappa shape index (κ2) is 7.72. The van der Waals surface area contributed by atoms with Crippen LogP contribution in [0.2, 0.25) is 0 Å². The first-order chi connectivity index (χ1) is 15.3. The number of amides is 1. The van der Waals surface area contributed by atoms with Crippen LogP contribution < -0.4 is 0 Å². The van der Waals surface area contributed by atoms with Crippen molar-refractivity contribution in [1.29, 1.82) is 0 Å². The largest absolute Gasteiger partial charge is 0.444 e. The van der Waals surface area contributed by atoms with E-state index in [1.165, 1.54) is 6.26 Å². The minimum atomic E-state index is -4.46. The third kappa shape index (κ3) is 3.55. The van der Waals surface area contributed by atoms with Gasteiger partial charge in [0, 0.05) is 30.9 Å². The van der Waals surface area contributed by atoms with E-state index in [-0.39, 0.29) is 23.9 Å². The van der Waals surface area contributed by atoms with Gasteiger partial charge in [0.1, 0.15) is 12.1 Å². The van der Waals surface area contributed by atoms with Crippen LogP contribution in [0.5, 0.6) is 0 Å². The molecule has 3 aromatic rings. The van der Waals surface area contributed by atoms with Gasteiger partial charge >= 0.3 is 6.18 Å². The standard InChI is InChI=1S/C23H21F3N4O2/c1-13-3-2-4-17(20(13)21-27-7-8-32-21)22(31)30-16-5-6-18(30)14(9-16)10-19-28-11-15(12-29-19)23(24,25)26/h2-4,7-8,11-12,14,16,18H,5-6,9-10H2,1H3. The number of halogens is 3. The van der Waals surface area contributed by atoms with Gasteiger partial charge in [0.05, 0.1) is 22.9 Å². The number of oxazole rings is 1. The Morgan fingerprint density at radius 3 is 2.66 bits per heavy atom. The Hall–Kier alpha value is -3.23. The van der Waals surface area contributed by atoms with Crippen molar-refractivity contribution in [2.45, 2.75) is 50.9 Å². The molecule has 2 bridgehead atoms. The number of carbonyl (C=O) groups excluding carboxylic acids is 1. The average molecular weight is 442 g/mol. The van der Waals surface area contributed by atoms with E-state index in [1.807, 2.05) is 24.0 Å². The van der Waals surface area contributed by atoms with Crippen molar-refractivity contribution in [2.24, 2.45) is 5.92 Å². The summed E-state index contributed by atoms with van der Waals surface area (Å²) in [6, 6.07) is 5.67. The van der Waals surface area contributed by atoms with Crippen LogP contribution in [0.15, 0.2) is 47.5 Å². The zero-order valence-electron chi connectivity index (χ0n) is 17.3. The van der Waals surface area contributed by atoms with Gasteiger partial charge in [0.25, 0.3) is 5.91 Å². The van der Waals surface area contributed by atoms with Gasteiger partial charge in [0.15, 0.2) is 0 Å². The van der Waals surface area contributed by atoms with E-state index in [2.05, 4.69) is 15.0 Å². The molecule has 2 aromatic heterocycles. The minimum absolute atomic E-state index is 0.0105. The number of alkyl halides is 3. The van der Waals surface area contributed by atoms with E-state index in [0.29, 0.717) is 29.3 Å². The van der Waals surface area contributed by atoms with E-state index in [4.69, 9.17) is 4.42 Å². The van der Waals surface area contributed by atoms with Gasteiger partial charge in [-0.05, 0) is 43.7 Å². The predicted molar refractivity (Wildman–Crippen MR) is 109 cm³/mol. The van der Waals surface area contributed by atoms with Crippen molar-refractivity contribution < 1.29 is 22.4 Å². The summed E-state index contributed by atoms with van der Waals surface area (Å²) in [7, 11) is 0. The number of benzene rings is 1. The van der Waals surface area contributed by atoms with Gasteiger partial charge in [-0.15, -0.1) is 0 Å². The molecule has 9 heteroatoms. The van der Waals surface area contributed by atoms with E-state index >= 15 is 0 Å². The van der Waals surface area contributed by atoms with Gasteiger partial charge in [-0.2, -0.15) is 13.2 Å². The Morgan fingerprint density at radius 2 is 1.97 bits per heavy atom. The van der Waals surface area contributed by atoms with Gasteiger partial charge in [0.2, 0.25) is 5.89 Å². The highest BCUT2D eigenvalue weighted by Gasteiger charge is 2.49. The first-order valence-corrected chi connectivity index (χ1v) is 10.5. The molecule has 0 spiro atoms. The van der Waals surface area contributed by atoms with E-state index in [1.54, 1.807) is 12.3 Å². The fourth-order valence-electron chi connectivity index (χ4n) is 5.11. The average Bonchev–Trinajstić information content (AvgIpc) is 3.49. The maximum Gasteiger partial charge on any atom is 0.419 e. The highest BCUT2D eigenvalue weighted by Crippen LogP contribution is 2.44. The third-order valence-corrected chi connectivity index (χ3v) is 6.53. The predicted octanol–water partition coefficient (Wildman–Crippen LogP) is 4.69. The van der Waals surface area contributed by atoms with Crippen molar-refractivity contribution in [2.75, 3.05) is 0 Å². The third-order valence-electron chi connectivity index (χ3n) is 6.53. The van der Waals surface area contributed by atoms with Crippen molar-refractivity contribution in [1.82, 2.24) is 19.9 Å². The monoisotopic (exact) mass is 442 g/mol. The molecule has 3 atom stereocenters. The molecule has 2 aliphatic rings. The summed E-state index contributed by atoms with van der Waals surface area (Å²) < 4.78 is 43.8. The molecule has 4 heterocycles. The molecule has 1 amide bonds. The maximum atomic E-state index is 13.6. The number of fused-ring (bicyclic) bond motifs is 2. The van der Waals surface area contributed by atoms with Gasteiger partial charge < -0.3 is 9.32 Å². The lowest BCUT2D eigenvalue weighted by Gasteiger charge is -2.25. The molecule has 2 fully saturated rings. The lowest BCUT2D eigenvalue weighted by molar-refractivity contribution is -0.138. The van der Waals surface area contributed by atoms with Gasteiger partial charge in [-0.3, -0.25) is 4.79 Å². The van der Waals surface area contributed by atoms with E-state index in [9.17, 15) is 18.0 Å². The van der Waals surface area contributed by atoms with E-state index < -0.39 is 11.7 Å². The number of hydrogen-bond donors (Lipinski definition) is 0. The first kappa shape index (κ1) is 20.7. The summed E-state index contributed by atoms with van der Waals surface area (Å²) in [5.41, 5.74) is 1.29. The smallest absolute Gasteiger partial charge is 0.419 e. The van der Waals surface area contributed by atoms with Gasteiger partial charge in [-0.25, -0.2) is 15.0 Å². The number of hydrogen-bond acceptors (Lipinski definition) is 5. The highest BCUT2D eigenvalue weighted by molar-refractivity contribution is 6.01. The first-order valence-electron chi connectivity index (χ1n) is 10.5. The molecular formula is C23H21F3N4O2. The lowest BCUT2D eigenvalue weighted by Crippen LogP contribution is -2.37. The quantitative estimate of drug-likeness (QED) is 0.586. The lowest BCUT2D eigenvalue weighted by atomic mass is 9.86. The zero-order chi connectivity index (χ0) is 22.5. The van der Waals surface area contributed by atoms with Crippen molar-refractivity contribution in [3.05, 3.63) is 65.6 Å². The minimum Gasteiger partial charge on any atom is -0.444 e. The number of carbonyl (C=O) groups is 1. The summed E-state index contributed by atoms with van der Waals surface area (Å²) in [5, 5.41) is 0. The van der Waals surface area contributed by atoms with Crippen LogP contribution in [-0.4, -0.2) is 37.8 Å². The fraction of sp³-hybridized carbons (Fsp3) is 0.391. The number of nitrogens with zero attached hydrogens (tertiary/aromatic N) is 4. The van der Waals surface area contributed by atoms with Crippen LogP contribution in [0.1, 0.15) is 46.6 Å². The molecule has 0 N–H and O–H groups in total. The fourth-order valence-corrected chi connectivity index (χ4v) is 5.11. The Labute approximate surface area is 182 Å². The Morgan fingerprint density at radius 1 is 1.19 bits per heavy atom. The second-order valence-electron chi connectivity index (χ2n) is 8.43. The number of aromatic nitrogens is 3. The molecule has 6 nitrogen and oxygen atoms in total. The van der Waals surface area contributed by atoms with Crippen LogP contribution in [0.4, 0.5) is 13.2 Å². The van der Waals surface area contributed by atoms with Crippen LogP contribution in [-0.2, 0) is 12.6 Å². The zero-order valence-corrected chi connectivity index (χ0v) is 17.3. The molecule has 32 heavy (non-hydrogen) atoms. The second-order valence-corrected chi connectivity index (χ2v) is 8.43. The van der Waals surface area contributed by atoms with Crippen molar-refractivity contribution in [3.8, 4) is 11.5 Å². The molecule has 1 aromatic carbocycles. The van der Waals surface area contributed by atoms with Crippen LogP contribution in [0.3, 0.4) is 0 Å². The molecule has 3 unspecified atom stereocenters. The Kier molecular flexibility index (Phi) is 4.98. The summed E-state index contributed by atoms with van der Waals surface area (Å²) in [6.45, 7) is 1.92. The van der Waals surface area contributed by atoms with Crippen LogP contribution in [0.25, 0.3) is 11.5 Å². The Bertz CT molecular complexity index is 1130. The molecular weight excluding hydrogens is 421 g/mol. The molecule has 2 saturated heterocycles. The Balaban J connectivity index is 1.38. The topological polar surface area (TPSA) is 72.1 Å². The SMILES string of the molecule is Cc1cccc(C(=O)N2C3CCC2C(Cc2ncc(C(F)(F)F)cn2)C3)c1-c1ncco1. The summed E-state index contributed by atoms with van der Waals surface area (Å²) >= 11 is 0. The molecule has 0 radical (unpaired) electrons. The molecule has 5 rings (SSSR count).